The number of likely N-dealkylation sites (tertiary alicyclic amines) is 1. The highest BCUT2D eigenvalue weighted by Gasteiger charge is 2.22. The molecule has 1 saturated heterocycles. The first-order valence-corrected chi connectivity index (χ1v) is 7.95. The van der Waals surface area contributed by atoms with E-state index in [1.165, 1.54) is 43.2 Å². The lowest BCUT2D eigenvalue weighted by atomic mass is 9.98. The summed E-state index contributed by atoms with van der Waals surface area (Å²) < 4.78 is 0. The van der Waals surface area contributed by atoms with E-state index in [1.807, 2.05) is 12.1 Å². The van der Waals surface area contributed by atoms with Crippen LogP contribution in [0.2, 0.25) is 0 Å². The van der Waals surface area contributed by atoms with Crippen molar-refractivity contribution in [2.45, 2.75) is 58.9 Å². The van der Waals surface area contributed by atoms with E-state index in [2.05, 4.69) is 31.7 Å². The molecule has 0 bridgehead atoms. The third kappa shape index (κ3) is 3.69. The second-order valence-electron chi connectivity index (χ2n) is 6.14. The van der Waals surface area contributed by atoms with Gasteiger partial charge in [-0.15, -0.1) is 0 Å². The van der Waals surface area contributed by atoms with Crippen molar-refractivity contribution in [3.05, 3.63) is 34.9 Å². The van der Waals surface area contributed by atoms with Crippen LogP contribution in [0.15, 0.2) is 18.2 Å². The van der Waals surface area contributed by atoms with Gasteiger partial charge in [0.25, 0.3) is 0 Å². The fraction of sp³-hybridized carbons (Fsp3) is 0.611. The zero-order chi connectivity index (χ0) is 14.5. The second-order valence-corrected chi connectivity index (χ2v) is 6.14. The Morgan fingerprint density at radius 2 is 1.60 bits per heavy atom. The van der Waals surface area contributed by atoms with Crippen LogP contribution in [-0.2, 0) is 0 Å². The Morgan fingerprint density at radius 1 is 1.00 bits per heavy atom. The van der Waals surface area contributed by atoms with Crippen molar-refractivity contribution in [3.63, 3.8) is 0 Å². The van der Waals surface area contributed by atoms with Gasteiger partial charge in [0, 0.05) is 5.56 Å². The van der Waals surface area contributed by atoms with Crippen molar-refractivity contribution in [1.82, 2.24) is 4.90 Å². The van der Waals surface area contributed by atoms with Crippen LogP contribution in [0.4, 0.5) is 0 Å². The topological polar surface area (TPSA) is 20.3 Å². The zero-order valence-electron chi connectivity index (χ0n) is 13.1. The van der Waals surface area contributed by atoms with Crippen molar-refractivity contribution < 1.29 is 4.79 Å². The van der Waals surface area contributed by atoms with Gasteiger partial charge in [-0.25, -0.2) is 0 Å². The number of hydrogen-bond donors (Lipinski definition) is 0. The van der Waals surface area contributed by atoms with Crippen LogP contribution in [0.5, 0.6) is 0 Å². The van der Waals surface area contributed by atoms with Gasteiger partial charge in [-0.3, -0.25) is 9.69 Å². The Kier molecular flexibility index (Phi) is 5.36. The number of carbonyl (C=O) groups excluding carboxylic acids is 1. The number of carbonyl (C=O) groups is 1. The maximum atomic E-state index is 12.7. The summed E-state index contributed by atoms with van der Waals surface area (Å²) in [6.07, 6.45) is 6.42. The first-order chi connectivity index (χ1) is 9.59. The highest BCUT2D eigenvalue weighted by Crippen LogP contribution is 2.17. The van der Waals surface area contributed by atoms with E-state index < -0.39 is 0 Å². The van der Waals surface area contributed by atoms with E-state index in [0.29, 0.717) is 0 Å². The Balaban J connectivity index is 2.07. The number of hydrogen-bond acceptors (Lipinski definition) is 2. The van der Waals surface area contributed by atoms with Gasteiger partial charge < -0.3 is 0 Å². The third-order valence-electron chi connectivity index (χ3n) is 4.61. The summed E-state index contributed by atoms with van der Waals surface area (Å²) in [5.41, 5.74) is 3.32. The van der Waals surface area contributed by atoms with Crippen LogP contribution in [0, 0.1) is 13.8 Å². The summed E-state index contributed by atoms with van der Waals surface area (Å²) in [4.78, 5) is 15.0. The standard InChI is InChI=1S/C18H27NO/c1-14-9-10-17(13-15(14)2)18(20)16(3)19-11-7-5-4-6-8-12-19/h9-10,13,16H,4-8,11-12H2,1-3H3. The predicted octanol–water partition coefficient (Wildman–Crippen LogP) is 4.14. The van der Waals surface area contributed by atoms with Gasteiger partial charge in [-0.2, -0.15) is 0 Å². The highest BCUT2D eigenvalue weighted by atomic mass is 16.1. The molecule has 2 nitrogen and oxygen atoms in total. The van der Waals surface area contributed by atoms with E-state index >= 15 is 0 Å². The summed E-state index contributed by atoms with van der Waals surface area (Å²) in [5.74, 6) is 0.272. The smallest absolute Gasteiger partial charge is 0.179 e. The predicted molar refractivity (Wildman–Crippen MR) is 84.4 cm³/mol. The maximum Gasteiger partial charge on any atom is 0.179 e. The zero-order valence-corrected chi connectivity index (χ0v) is 13.1. The largest absolute Gasteiger partial charge is 0.294 e. The highest BCUT2D eigenvalue weighted by molar-refractivity contribution is 6.00. The van der Waals surface area contributed by atoms with Gasteiger partial charge in [0.05, 0.1) is 6.04 Å². The van der Waals surface area contributed by atoms with Crippen LogP contribution in [0.1, 0.15) is 60.5 Å². The molecular formula is C18H27NO. The molecule has 0 aliphatic carbocycles. The van der Waals surface area contributed by atoms with Crippen molar-refractivity contribution in [3.8, 4) is 0 Å². The third-order valence-corrected chi connectivity index (χ3v) is 4.61. The lowest BCUT2D eigenvalue weighted by molar-refractivity contribution is 0.0826. The number of benzene rings is 1. The average Bonchev–Trinajstić information content (AvgIpc) is 2.40. The molecule has 1 aliphatic rings. The van der Waals surface area contributed by atoms with Gasteiger partial charge in [-0.1, -0.05) is 31.4 Å². The minimum atomic E-state index is 0.00945. The molecular weight excluding hydrogens is 246 g/mol. The number of rotatable bonds is 3. The van der Waals surface area contributed by atoms with E-state index in [4.69, 9.17) is 0 Å². The number of Topliss-reactive ketones (excluding diaryl/α,β-unsaturated/α-hetero) is 1. The monoisotopic (exact) mass is 273 g/mol. The SMILES string of the molecule is Cc1ccc(C(=O)C(C)N2CCCCCCC2)cc1C. The fourth-order valence-corrected chi connectivity index (χ4v) is 2.96. The quantitative estimate of drug-likeness (QED) is 0.771. The average molecular weight is 273 g/mol. The first-order valence-electron chi connectivity index (χ1n) is 7.95. The fourth-order valence-electron chi connectivity index (χ4n) is 2.96. The lowest BCUT2D eigenvalue weighted by Gasteiger charge is -2.29. The van der Waals surface area contributed by atoms with Gasteiger partial charge in [-0.05, 0) is 63.9 Å². The first kappa shape index (κ1) is 15.2. The molecule has 1 aromatic carbocycles. The molecule has 1 unspecified atom stereocenters. The van der Waals surface area contributed by atoms with Crippen LogP contribution < -0.4 is 0 Å². The minimum absolute atomic E-state index is 0.00945. The molecule has 20 heavy (non-hydrogen) atoms. The van der Waals surface area contributed by atoms with Crippen LogP contribution >= 0.6 is 0 Å². The maximum absolute atomic E-state index is 12.7. The van der Waals surface area contributed by atoms with Gasteiger partial charge in [0.1, 0.15) is 0 Å². The molecule has 0 saturated carbocycles. The molecule has 1 aromatic rings. The molecule has 0 spiro atoms. The molecule has 110 valence electrons. The number of aryl methyl sites for hydroxylation is 2. The normalized spacial score (nSPS) is 19.1. The molecule has 2 rings (SSSR count). The van der Waals surface area contributed by atoms with Crippen LogP contribution in [0.25, 0.3) is 0 Å². The van der Waals surface area contributed by atoms with Crippen molar-refractivity contribution in [1.29, 1.82) is 0 Å². The summed E-state index contributed by atoms with van der Waals surface area (Å²) in [6, 6.07) is 6.09. The van der Waals surface area contributed by atoms with Crippen molar-refractivity contribution in [2.24, 2.45) is 0 Å². The molecule has 0 N–H and O–H groups in total. The van der Waals surface area contributed by atoms with E-state index in [1.54, 1.807) is 0 Å². The Bertz CT molecular complexity index is 458. The lowest BCUT2D eigenvalue weighted by Crippen LogP contribution is -2.40. The second kappa shape index (κ2) is 7.03. The van der Waals surface area contributed by atoms with Crippen molar-refractivity contribution >= 4 is 5.78 Å². The Morgan fingerprint density at radius 3 is 2.20 bits per heavy atom. The number of nitrogens with zero attached hydrogens (tertiary/aromatic N) is 1. The molecule has 1 heterocycles. The molecule has 1 aliphatic heterocycles. The van der Waals surface area contributed by atoms with Crippen LogP contribution in [-0.4, -0.2) is 29.8 Å². The molecule has 0 radical (unpaired) electrons. The summed E-state index contributed by atoms with van der Waals surface area (Å²) in [5, 5.41) is 0. The Hall–Kier alpha value is -1.15. The molecule has 1 fully saturated rings. The van der Waals surface area contributed by atoms with Crippen LogP contribution in [0.3, 0.4) is 0 Å². The minimum Gasteiger partial charge on any atom is -0.294 e. The number of ketones is 1. The van der Waals surface area contributed by atoms with E-state index in [9.17, 15) is 4.79 Å². The summed E-state index contributed by atoms with van der Waals surface area (Å²) in [7, 11) is 0. The Labute approximate surface area is 123 Å². The van der Waals surface area contributed by atoms with E-state index in [0.717, 1.165) is 18.7 Å². The molecule has 1 atom stereocenters. The summed E-state index contributed by atoms with van der Waals surface area (Å²) in [6.45, 7) is 8.37. The van der Waals surface area contributed by atoms with Crippen molar-refractivity contribution in [2.75, 3.05) is 13.1 Å². The molecule has 0 amide bonds. The summed E-state index contributed by atoms with van der Waals surface area (Å²) >= 11 is 0. The van der Waals surface area contributed by atoms with E-state index in [-0.39, 0.29) is 11.8 Å². The van der Waals surface area contributed by atoms with Gasteiger partial charge in [0.2, 0.25) is 0 Å². The van der Waals surface area contributed by atoms with Gasteiger partial charge in [0.15, 0.2) is 5.78 Å². The molecule has 2 heteroatoms. The molecule has 0 aromatic heterocycles. The van der Waals surface area contributed by atoms with Gasteiger partial charge >= 0.3 is 0 Å².